The van der Waals surface area contributed by atoms with Crippen LogP contribution in [0.2, 0.25) is 0 Å². The fourth-order valence-electron chi connectivity index (χ4n) is 1.63. The minimum atomic E-state index is -4.65. The highest BCUT2D eigenvalue weighted by Crippen LogP contribution is 2.26. The van der Waals surface area contributed by atoms with Crippen molar-refractivity contribution in [2.45, 2.75) is 46.8 Å². The van der Waals surface area contributed by atoms with Gasteiger partial charge in [-0.3, -0.25) is 9.89 Å². The van der Waals surface area contributed by atoms with E-state index in [0.29, 0.717) is 0 Å². The molecule has 1 atom stereocenters. The normalized spacial score (nSPS) is 13.8. The molecule has 2 rings (SSSR count). The number of aromatic amines is 1. The third kappa shape index (κ3) is 3.71. The average Bonchev–Trinajstić information content (AvgIpc) is 3.02. The maximum absolute atomic E-state index is 12.6. The van der Waals surface area contributed by atoms with Crippen LogP contribution >= 0.6 is 0 Å². The number of halogens is 3. The molecule has 0 saturated heterocycles. The first-order valence-corrected chi connectivity index (χ1v) is 7.14. The van der Waals surface area contributed by atoms with E-state index in [0.717, 1.165) is 4.68 Å². The van der Waals surface area contributed by atoms with Gasteiger partial charge in [0.15, 0.2) is 0 Å². The zero-order valence-corrected chi connectivity index (χ0v) is 13.9. The summed E-state index contributed by atoms with van der Waals surface area (Å²) < 4.78 is 38.7. The van der Waals surface area contributed by atoms with Crippen LogP contribution in [0.25, 0.3) is 5.95 Å². The van der Waals surface area contributed by atoms with Gasteiger partial charge in [0.25, 0.3) is 11.9 Å². The Morgan fingerprint density at radius 3 is 2.38 bits per heavy atom. The largest absolute Gasteiger partial charge is 0.451 e. The van der Waals surface area contributed by atoms with E-state index in [9.17, 15) is 18.0 Å². The zero-order valence-electron chi connectivity index (χ0n) is 13.9. The molecule has 2 N–H and O–H groups in total. The van der Waals surface area contributed by atoms with Crippen molar-refractivity contribution >= 4 is 5.91 Å². The second-order valence-corrected chi connectivity index (χ2v) is 6.44. The molecule has 0 unspecified atom stereocenters. The number of alkyl halides is 3. The van der Waals surface area contributed by atoms with Gasteiger partial charge >= 0.3 is 6.18 Å². The predicted octanol–water partition coefficient (Wildman–Crippen LogP) is 1.88. The standard InChI is InChI=1S/C13H18F3N7O/c1-6(12(3,4)5)17-9(24)8-18-7(2)23(22-8)11-19-10(20-21-11)13(14,15)16/h6H,1-5H3,(H,17,24)(H,19,20,21)/t6-/m0/s1. The Morgan fingerprint density at radius 2 is 1.88 bits per heavy atom. The molecule has 8 nitrogen and oxygen atoms in total. The summed E-state index contributed by atoms with van der Waals surface area (Å²) in [7, 11) is 0. The molecule has 0 aliphatic carbocycles. The summed E-state index contributed by atoms with van der Waals surface area (Å²) in [5, 5.41) is 11.9. The molecule has 2 heterocycles. The van der Waals surface area contributed by atoms with Crippen LogP contribution in [0.15, 0.2) is 0 Å². The van der Waals surface area contributed by atoms with Crippen LogP contribution in [-0.4, -0.2) is 41.9 Å². The maximum atomic E-state index is 12.6. The lowest BCUT2D eigenvalue weighted by atomic mass is 9.88. The van der Waals surface area contributed by atoms with Gasteiger partial charge in [-0.25, -0.2) is 4.98 Å². The minimum Gasteiger partial charge on any atom is -0.346 e. The number of nitrogens with zero attached hydrogens (tertiary/aromatic N) is 5. The van der Waals surface area contributed by atoms with Crippen LogP contribution in [0.4, 0.5) is 13.2 Å². The van der Waals surface area contributed by atoms with Crippen molar-refractivity contribution in [3.63, 3.8) is 0 Å². The van der Waals surface area contributed by atoms with E-state index in [1.54, 1.807) is 5.10 Å². The highest BCUT2D eigenvalue weighted by Gasteiger charge is 2.36. The number of rotatable bonds is 3. The molecule has 0 saturated carbocycles. The monoisotopic (exact) mass is 345 g/mol. The molecule has 0 fully saturated rings. The first kappa shape index (κ1) is 17.9. The van der Waals surface area contributed by atoms with E-state index >= 15 is 0 Å². The number of aryl methyl sites for hydroxylation is 1. The van der Waals surface area contributed by atoms with Crippen molar-refractivity contribution in [2.75, 3.05) is 0 Å². The van der Waals surface area contributed by atoms with Crippen molar-refractivity contribution in [1.29, 1.82) is 0 Å². The van der Waals surface area contributed by atoms with Gasteiger partial charge in [-0.15, -0.1) is 10.2 Å². The lowest BCUT2D eigenvalue weighted by molar-refractivity contribution is -0.144. The number of carbonyl (C=O) groups is 1. The Hall–Kier alpha value is -2.46. The summed E-state index contributed by atoms with van der Waals surface area (Å²) >= 11 is 0. The summed E-state index contributed by atoms with van der Waals surface area (Å²) in [4.78, 5) is 19.5. The molecule has 24 heavy (non-hydrogen) atoms. The number of nitrogens with one attached hydrogen (secondary N) is 2. The van der Waals surface area contributed by atoms with Gasteiger partial charge in [-0.2, -0.15) is 22.8 Å². The van der Waals surface area contributed by atoms with Crippen LogP contribution < -0.4 is 5.32 Å². The van der Waals surface area contributed by atoms with Crippen molar-refractivity contribution in [1.82, 2.24) is 35.3 Å². The van der Waals surface area contributed by atoms with Crippen molar-refractivity contribution < 1.29 is 18.0 Å². The fraction of sp³-hybridized carbons (Fsp3) is 0.615. The lowest BCUT2D eigenvalue weighted by Crippen LogP contribution is -2.41. The lowest BCUT2D eigenvalue weighted by Gasteiger charge is -2.27. The summed E-state index contributed by atoms with van der Waals surface area (Å²) in [6.45, 7) is 9.21. The summed E-state index contributed by atoms with van der Waals surface area (Å²) in [6.07, 6.45) is -4.65. The highest BCUT2D eigenvalue weighted by atomic mass is 19.4. The van der Waals surface area contributed by atoms with Gasteiger partial charge in [-0.1, -0.05) is 20.8 Å². The summed E-state index contributed by atoms with van der Waals surface area (Å²) in [5.41, 5.74) is -0.168. The van der Waals surface area contributed by atoms with E-state index < -0.39 is 17.9 Å². The number of carbonyl (C=O) groups excluding carboxylic acids is 1. The number of hydrogen-bond acceptors (Lipinski definition) is 5. The van der Waals surface area contributed by atoms with E-state index in [1.807, 2.05) is 27.7 Å². The van der Waals surface area contributed by atoms with Gasteiger partial charge in [0.05, 0.1) is 0 Å². The topological polar surface area (TPSA) is 101 Å². The van der Waals surface area contributed by atoms with Crippen molar-refractivity contribution in [2.24, 2.45) is 5.41 Å². The third-order valence-electron chi connectivity index (χ3n) is 3.55. The number of amides is 1. The van der Waals surface area contributed by atoms with Crippen LogP contribution in [0, 0.1) is 12.3 Å². The van der Waals surface area contributed by atoms with Crippen LogP contribution in [0.1, 0.15) is 50.0 Å². The molecule has 0 aliphatic rings. The molecule has 0 radical (unpaired) electrons. The number of hydrogen-bond donors (Lipinski definition) is 2. The molecule has 0 bridgehead atoms. The summed E-state index contributed by atoms with van der Waals surface area (Å²) in [6, 6.07) is -0.155. The van der Waals surface area contributed by atoms with E-state index in [4.69, 9.17) is 0 Å². The Balaban J connectivity index is 2.24. The molecule has 132 valence electrons. The van der Waals surface area contributed by atoms with Crippen molar-refractivity contribution in [3.8, 4) is 5.95 Å². The van der Waals surface area contributed by atoms with E-state index in [-0.39, 0.29) is 29.1 Å². The Labute approximate surface area is 135 Å². The fourth-order valence-corrected chi connectivity index (χ4v) is 1.63. The molecule has 0 aromatic carbocycles. The molecule has 0 aliphatic heterocycles. The highest BCUT2D eigenvalue weighted by molar-refractivity contribution is 5.90. The van der Waals surface area contributed by atoms with Crippen LogP contribution in [0.3, 0.4) is 0 Å². The molecule has 0 spiro atoms. The smallest absolute Gasteiger partial charge is 0.346 e. The van der Waals surface area contributed by atoms with Gasteiger partial charge in [-0.05, 0) is 19.3 Å². The van der Waals surface area contributed by atoms with Crippen LogP contribution in [-0.2, 0) is 6.18 Å². The molecular weight excluding hydrogens is 327 g/mol. The van der Waals surface area contributed by atoms with Gasteiger partial charge < -0.3 is 5.32 Å². The zero-order chi connectivity index (χ0) is 18.3. The number of aromatic nitrogens is 6. The molecule has 2 aromatic heterocycles. The third-order valence-corrected chi connectivity index (χ3v) is 3.55. The Bertz CT molecular complexity index is 742. The van der Waals surface area contributed by atoms with E-state index in [2.05, 4.69) is 25.5 Å². The van der Waals surface area contributed by atoms with Gasteiger partial charge in [0.1, 0.15) is 5.82 Å². The minimum absolute atomic E-state index is 0.155. The van der Waals surface area contributed by atoms with Gasteiger partial charge in [0, 0.05) is 6.04 Å². The molecule has 1 amide bonds. The predicted molar refractivity (Wildman–Crippen MR) is 77.4 cm³/mol. The van der Waals surface area contributed by atoms with Crippen LogP contribution in [0.5, 0.6) is 0 Å². The molecular formula is C13H18F3N7O. The van der Waals surface area contributed by atoms with Gasteiger partial charge in [0.2, 0.25) is 11.6 Å². The second kappa shape index (κ2) is 5.87. The first-order chi connectivity index (χ1) is 10.9. The second-order valence-electron chi connectivity index (χ2n) is 6.44. The molecule has 11 heteroatoms. The van der Waals surface area contributed by atoms with Crippen molar-refractivity contribution in [3.05, 3.63) is 17.5 Å². The Morgan fingerprint density at radius 1 is 1.25 bits per heavy atom. The average molecular weight is 345 g/mol. The Kier molecular flexibility index (Phi) is 4.38. The van der Waals surface area contributed by atoms with E-state index in [1.165, 1.54) is 6.92 Å². The SMILES string of the molecule is Cc1nc(C(=O)N[C@@H](C)C(C)(C)C)nn1-c1n[nH]c(C(F)(F)F)n1. The number of H-pyrrole nitrogens is 1. The summed E-state index contributed by atoms with van der Waals surface area (Å²) in [5.74, 6) is -2.08. The molecule has 2 aromatic rings. The first-order valence-electron chi connectivity index (χ1n) is 7.14. The maximum Gasteiger partial charge on any atom is 0.451 e. The quantitative estimate of drug-likeness (QED) is 0.884.